The van der Waals surface area contributed by atoms with E-state index in [9.17, 15) is 9.59 Å². The fraction of sp³-hybridized carbons (Fsp3) is 0.440. The van der Waals surface area contributed by atoms with Gasteiger partial charge in [-0.3, -0.25) is 9.59 Å². The molecule has 5 nitrogen and oxygen atoms in total. The van der Waals surface area contributed by atoms with Gasteiger partial charge in [-0.15, -0.1) is 0 Å². The molecule has 2 amide bonds. The molecule has 1 atom stereocenters. The van der Waals surface area contributed by atoms with Crippen molar-refractivity contribution >= 4 is 35.0 Å². The van der Waals surface area contributed by atoms with E-state index in [1.54, 1.807) is 25.1 Å². The molecule has 2 aromatic rings. The van der Waals surface area contributed by atoms with Gasteiger partial charge in [0.15, 0.2) is 6.61 Å². The van der Waals surface area contributed by atoms with Gasteiger partial charge in [0, 0.05) is 28.2 Å². The number of hydrogen-bond donors (Lipinski definition) is 1. The molecule has 1 fully saturated rings. The molecular formula is C25H30Cl2N2O3. The predicted molar refractivity (Wildman–Crippen MR) is 128 cm³/mol. The minimum atomic E-state index is -0.693. The van der Waals surface area contributed by atoms with Crippen LogP contribution in [0.1, 0.15) is 50.7 Å². The summed E-state index contributed by atoms with van der Waals surface area (Å²) in [6.45, 7) is 3.74. The van der Waals surface area contributed by atoms with Gasteiger partial charge in [0.2, 0.25) is 5.91 Å². The molecule has 1 aliphatic carbocycles. The molecule has 0 unspecified atom stereocenters. The van der Waals surface area contributed by atoms with Gasteiger partial charge in [0.05, 0.1) is 0 Å². The minimum absolute atomic E-state index is 0.120. The Kier molecular flexibility index (Phi) is 8.83. The lowest BCUT2D eigenvalue weighted by molar-refractivity contribution is -0.142. The second kappa shape index (κ2) is 11.6. The average molecular weight is 477 g/mol. The van der Waals surface area contributed by atoms with Gasteiger partial charge in [-0.25, -0.2) is 0 Å². The number of rotatable bonds is 9. The molecule has 1 N–H and O–H groups in total. The fourth-order valence-electron chi connectivity index (χ4n) is 3.88. The largest absolute Gasteiger partial charge is 0.484 e. The number of nitrogens with one attached hydrogen (secondary N) is 1. The van der Waals surface area contributed by atoms with Gasteiger partial charge < -0.3 is 15.0 Å². The number of halogens is 2. The van der Waals surface area contributed by atoms with Gasteiger partial charge >= 0.3 is 0 Å². The zero-order valence-electron chi connectivity index (χ0n) is 18.6. The predicted octanol–water partition coefficient (Wildman–Crippen LogP) is 5.41. The van der Waals surface area contributed by atoms with Crippen LogP contribution in [0.25, 0.3) is 0 Å². The fourth-order valence-corrected chi connectivity index (χ4v) is 4.39. The number of carbonyl (C=O) groups excluding carboxylic acids is 2. The number of amides is 2. The third kappa shape index (κ3) is 6.39. The van der Waals surface area contributed by atoms with E-state index in [0.29, 0.717) is 21.4 Å². The molecule has 0 radical (unpaired) electrons. The highest BCUT2D eigenvalue weighted by atomic mass is 35.5. The SMILES string of the molecule is CCc1ccc(OCC(=O)N(Cc2c(Cl)cccc2Cl)[C@H](C)C(=O)NC2CCCC2)cc1. The van der Waals surface area contributed by atoms with Crippen LogP contribution >= 0.6 is 23.2 Å². The van der Waals surface area contributed by atoms with Gasteiger partial charge in [-0.05, 0) is 56.0 Å². The zero-order chi connectivity index (χ0) is 23.1. The lowest BCUT2D eigenvalue weighted by Crippen LogP contribution is -2.50. The summed E-state index contributed by atoms with van der Waals surface area (Å²) in [5.41, 5.74) is 1.80. The van der Waals surface area contributed by atoms with Crippen molar-refractivity contribution in [3.05, 3.63) is 63.6 Å². The quantitative estimate of drug-likeness (QED) is 0.526. The molecule has 0 aliphatic heterocycles. The van der Waals surface area contributed by atoms with E-state index in [-0.39, 0.29) is 31.0 Å². The van der Waals surface area contributed by atoms with Crippen LogP contribution in [0.3, 0.4) is 0 Å². The Bertz CT molecular complexity index is 907. The Morgan fingerprint density at radius 3 is 2.31 bits per heavy atom. The minimum Gasteiger partial charge on any atom is -0.484 e. The molecule has 1 saturated carbocycles. The molecular weight excluding hydrogens is 447 g/mol. The Labute approximate surface area is 200 Å². The van der Waals surface area contributed by atoms with Gasteiger partial charge in [0.25, 0.3) is 5.91 Å². The summed E-state index contributed by atoms with van der Waals surface area (Å²) in [6.07, 6.45) is 5.10. The molecule has 172 valence electrons. The Morgan fingerprint density at radius 1 is 1.09 bits per heavy atom. The second-order valence-electron chi connectivity index (χ2n) is 8.17. The molecule has 0 saturated heterocycles. The molecule has 3 rings (SSSR count). The molecule has 2 aromatic carbocycles. The molecule has 0 bridgehead atoms. The highest BCUT2D eigenvalue weighted by Crippen LogP contribution is 2.27. The maximum absolute atomic E-state index is 13.2. The van der Waals surface area contributed by atoms with Crippen LogP contribution in [0.5, 0.6) is 5.75 Å². The molecule has 1 aliphatic rings. The first kappa shape index (κ1) is 24.4. The van der Waals surface area contributed by atoms with Crippen LogP contribution < -0.4 is 10.1 Å². The first-order valence-electron chi connectivity index (χ1n) is 11.1. The van der Waals surface area contributed by atoms with E-state index >= 15 is 0 Å². The van der Waals surface area contributed by atoms with E-state index in [2.05, 4.69) is 12.2 Å². The summed E-state index contributed by atoms with van der Waals surface area (Å²) in [7, 11) is 0. The average Bonchev–Trinajstić information content (AvgIpc) is 3.30. The van der Waals surface area contributed by atoms with Crippen molar-refractivity contribution in [2.75, 3.05) is 6.61 Å². The maximum Gasteiger partial charge on any atom is 0.261 e. The van der Waals surface area contributed by atoms with Gasteiger partial charge in [-0.2, -0.15) is 0 Å². The Balaban J connectivity index is 1.74. The Hall–Kier alpha value is -2.24. The normalized spacial score (nSPS) is 14.8. The first-order valence-corrected chi connectivity index (χ1v) is 11.9. The van der Waals surface area contributed by atoms with E-state index < -0.39 is 6.04 Å². The third-order valence-electron chi connectivity index (χ3n) is 5.95. The van der Waals surface area contributed by atoms with Gasteiger partial charge in [0.1, 0.15) is 11.8 Å². The lowest BCUT2D eigenvalue weighted by atomic mass is 10.1. The topological polar surface area (TPSA) is 58.6 Å². The van der Waals surface area contributed by atoms with E-state index in [4.69, 9.17) is 27.9 Å². The van der Waals surface area contributed by atoms with E-state index in [1.807, 2.05) is 24.3 Å². The number of nitrogens with zero attached hydrogens (tertiary/aromatic N) is 1. The van der Waals surface area contributed by atoms with Crippen LogP contribution in [0.2, 0.25) is 10.0 Å². The standard InChI is InChI=1S/C25H30Cl2N2O3/c1-3-18-11-13-20(14-12-18)32-16-24(30)29(15-21-22(26)9-6-10-23(21)27)17(2)25(31)28-19-7-4-5-8-19/h6,9-14,17,19H,3-5,7-8,15-16H2,1-2H3,(H,28,31)/t17-/m1/s1. The second-order valence-corrected chi connectivity index (χ2v) is 8.99. The number of carbonyl (C=O) groups is 2. The number of ether oxygens (including phenoxy) is 1. The number of hydrogen-bond acceptors (Lipinski definition) is 3. The van der Waals surface area contributed by atoms with Crippen molar-refractivity contribution in [3.63, 3.8) is 0 Å². The maximum atomic E-state index is 13.2. The first-order chi connectivity index (χ1) is 15.4. The lowest BCUT2D eigenvalue weighted by Gasteiger charge is -2.30. The van der Waals surface area contributed by atoms with E-state index in [1.165, 1.54) is 10.5 Å². The summed E-state index contributed by atoms with van der Waals surface area (Å²) >= 11 is 12.7. The van der Waals surface area contributed by atoms with E-state index in [0.717, 1.165) is 32.1 Å². The number of benzene rings is 2. The highest BCUT2D eigenvalue weighted by molar-refractivity contribution is 6.36. The van der Waals surface area contributed by atoms with Crippen LogP contribution in [-0.4, -0.2) is 35.4 Å². The smallest absolute Gasteiger partial charge is 0.261 e. The van der Waals surface area contributed by atoms with Crippen LogP contribution in [-0.2, 0) is 22.6 Å². The van der Waals surface area contributed by atoms with Gasteiger partial charge in [-0.1, -0.05) is 61.2 Å². The summed E-state index contributed by atoms with van der Waals surface area (Å²) < 4.78 is 5.72. The summed E-state index contributed by atoms with van der Waals surface area (Å²) in [5, 5.41) is 3.98. The summed E-state index contributed by atoms with van der Waals surface area (Å²) in [6, 6.07) is 12.3. The van der Waals surface area contributed by atoms with Crippen molar-refractivity contribution in [2.24, 2.45) is 0 Å². The molecule has 32 heavy (non-hydrogen) atoms. The van der Waals surface area contributed by atoms with Crippen LogP contribution in [0.4, 0.5) is 0 Å². The molecule has 7 heteroatoms. The number of aryl methyl sites for hydroxylation is 1. The van der Waals surface area contributed by atoms with Crippen molar-refractivity contribution in [2.45, 2.75) is 64.6 Å². The molecule has 0 heterocycles. The van der Waals surface area contributed by atoms with Crippen molar-refractivity contribution in [1.82, 2.24) is 10.2 Å². The Morgan fingerprint density at radius 2 is 1.72 bits per heavy atom. The summed E-state index contributed by atoms with van der Waals surface area (Å²) in [5.74, 6) is 0.115. The molecule has 0 spiro atoms. The third-order valence-corrected chi connectivity index (χ3v) is 6.66. The summed E-state index contributed by atoms with van der Waals surface area (Å²) in [4.78, 5) is 27.6. The highest BCUT2D eigenvalue weighted by Gasteiger charge is 2.29. The molecule has 0 aromatic heterocycles. The monoisotopic (exact) mass is 476 g/mol. The zero-order valence-corrected chi connectivity index (χ0v) is 20.1. The van der Waals surface area contributed by atoms with Crippen molar-refractivity contribution < 1.29 is 14.3 Å². The van der Waals surface area contributed by atoms with Crippen molar-refractivity contribution in [3.8, 4) is 5.75 Å². The van der Waals surface area contributed by atoms with Crippen LogP contribution in [0, 0.1) is 0 Å². The van der Waals surface area contributed by atoms with Crippen molar-refractivity contribution in [1.29, 1.82) is 0 Å². The van der Waals surface area contributed by atoms with Crippen LogP contribution in [0.15, 0.2) is 42.5 Å².